The van der Waals surface area contributed by atoms with Crippen LogP contribution in [-0.2, 0) is 9.53 Å². The molecule has 0 aromatic rings. The lowest BCUT2D eigenvalue weighted by molar-refractivity contribution is -0.258. The summed E-state index contributed by atoms with van der Waals surface area (Å²) in [6.45, 7) is 0.132. The van der Waals surface area contributed by atoms with Gasteiger partial charge in [-0.2, -0.15) is 13.2 Å². The van der Waals surface area contributed by atoms with Crippen molar-refractivity contribution < 1.29 is 38.0 Å². The summed E-state index contributed by atoms with van der Waals surface area (Å²) in [5.41, 5.74) is -4.82. The van der Waals surface area contributed by atoms with Crippen LogP contribution in [0.4, 0.5) is 13.2 Å². The highest BCUT2D eigenvalue weighted by Gasteiger charge is 2.57. The molecule has 0 amide bonds. The summed E-state index contributed by atoms with van der Waals surface area (Å²) < 4.78 is 41.2. The molecule has 5 nitrogen and oxygen atoms in total. The fourth-order valence-corrected chi connectivity index (χ4v) is 0.942. The maximum Gasteiger partial charge on any atom is 0.427 e. The Morgan fingerprint density at radius 1 is 1.22 bits per heavy atom. The van der Waals surface area contributed by atoms with Gasteiger partial charge in [0, 0.05) is 0 Å². The number of carbonyl (C=O) groups excluding carboxylic acids is 1. The van der Waals surface area contributed by atoms with Crippen molar-refractivity contribution in [1.82, 2.24) is 0 Å². The standard InChI is InChI=1S/C10H17F3O5/c1-3-9(4-14,5-15)6-18-7(16)8(2,17)10(11,12)13/h14-15,17H,3-6H2,1-2H3. The van der Waals surface area contributed by atoms with Gasteiger partial charge in [-0.05, 0) is 13.3 Å². The fourth-order valence-electron chi connectivity index (χ4n) is 0.942. The Hall–Kier alpha value is -0.860. The van der Waals surface area contributed by atoms with Crippen LogP contribution >= 0.6 is 0 Å². The molecule has 0 saturated carbocycles. The highest BCUT2D eigenvalue weighted by molar-refractivity contribution is 5.79. The molecule has 0 aliphatic carbocycles. The first-order chi connectivity index (χ1) is 8.06. The number of esters is 1. The molecule has 1 atom stereocenters. The zero-order chi connectivity index (χ0) is 14.6. The molecule has 18 heavy (non-hydrogen) atoms. The number of halogens is 3. The Bertz CT molecular complexity index is 275. The summed E-state index contributed by atoms with van der Waals surface area (Å²) in [6.07, 6.45) is -4.96. The van der Waals surface area contributed by atoms with E-state index in [0.29, 0.717) is 0 Å². The van der Waals surface area contributed by atoms with Crippen LogP contribution in [0.5, 0.6) is 0 Å². The number of carbonyl (C=O) groups is 1. The minimum atomic E-state index is -5.16. The van der Waals surface area contributed by atoms with Gasteiger partial charge in [0.1, 0.15) is 6.61 Å². The van der Waals surface area contributed by atoms with E-state index in [0.717, 1.165) is 0 Å². The Balaban J connectivity index is 4.70. The van der Waals surface area contributed by atoms with E-state index < -0.39 is 43.0 Å². The maximum absolute atomic E-state index is 12.3. The van der Waals surface area contributed by atoms with Crippen molar-refractivity contribution in [2.45, 2.75) is 32.0 Å². The van der Waals surface area contributed by atoms with Crippen molar-refractivity contribution in [3.63, 3.8) is 0 Å². The summed E-state index contributed by atoms with van der Waals surface area (Å²) in [6, 6.07) is 0. The van der Waals surface area contributed by atoms with E-state index in [1.54, 1.807) is 6.92 Å². The van der Waals surface area contributed by atoms with Crippen molar-refractivity contribution >= 4 is 5.97 Å². The largest absolute Gasteiger partial charge is 0.463 e. The lowest BCUT2D eigenvalue weighted by atomic mass is 9.88. The first-order valence-electron chi connectivity index (χ1n) is 5.24. The summed E-state index contributed by atoms with van der Waals surface area (Å²) in [5, 5.41) is 27.0. The van der Waals surface area contributed by atoms with Crippen LogP contribution in [0.2, 0.25) is 0 Å². The van der Waals surface area contributed by atoms with Gasteiger partial charge in [0.25, 0.3) is 5.60 Å². The fraction of sp³-hybridized carbons (Fsp3) is 0.900. The normalized spacial score (nSPS) is 16.2. The predicted octanol–water partition coefficient (Wildman–Crippen LogP) is 0.224. The highest BCUT2D eigenvalue weighted by atomic mass is 19.4. The molecule has 0 aliphatic rings. The number of aliphatic hydroxyl groups excluding tert-OH is 2. The van der Waals surface area contributed by atoms with E-state index in [4.69, 9.17) is 15.3 Å². The Labute approximate surface area is 102 Å². The first kappa shape index (κ1) is 17.1. The second kappa shape index (κ2) is 5.85. The average molecular weight is 274 g/mol. The quantitative estimate of drug-likeness (QED) is 0.603. The van der Waals surface area contributed by atoms with Gasteiger partial charge in [-0.1, -0.05) is 6.92 Å². The minimum Gasteiger partial charge on any atom is -0.463 e. The lowest BCUT2D eigenvalue weighted by Crippen LogP contribution is -2.51. The van der Waals surface area contributed by atoms with E-state index in [2.05, 4.69) is 4.74 Å². The molecule has 0 bridgehead atoms. The van der Waals surface area contributed by atoms with Crippen molar-refractivity contribution in [2.24, 2.45) is 5.41 Å². The summed E-state index contributed by atoms with van der Waals surface area (Å²) >= 11 is 0. The van der Waals surface area contributed by atoms with Gasteiger partial charge in [-0.3, -0.25) is 0 Å². The third-order valence-electron chi connectivity index (χ3n) is 2.88. The Morgan fingerprint density at radius 3 is 1.94 bits per heavy atom. The lowest BCUT2D eigenvalue weighted by Gasteiger charge is -2.30. The molecule has 0 saturated heterocycles. The second-order valence-corrected chi connectivity index (χ2v) is 4.32. The highest BCUT2D eigenvalue weighted by Crippen LogP contribution is 2.31. The van der Waals surface area contributed by atoms with Crippen molar-refractivity contribution in [1.29, 1.82) is 0 Å². The molecule has 1 unspecified atom stereocenters. The van der Waals surface area contributed by atoms with Crippen molar-refractivity contribution in [2.75, 3.05) is 19.8 Å². The number of hydrogen-bond donors (Lipinski definition) is 3. The van der Waals surface area contributed by atoms with Gasteiger partial charge in [0.15, 0.2) is 0 Å². The van der Waals surface area contributed by atoms with Crippen LogP contribution in [-0.4, -0.2) is 52.9 Å². The minimum absolute atomic E-state index is 0.196. The van der Waals surface area contributed by atoms with Gasteiger partial charge < -0.3 is 20.1 Å². The van der Waals surface area contributed by atoms with Crippen molar-refractivity contribution in [3.05, 3.63) is 0 Å². The molecule has 8 heteroatoms. The zero-order valence-corrected chi connectivity index (χ0v) is 10.1. The maximum atomic E-state index is 12.3. The van der Waals surface area contributed by atoms with Crippen LogP contribution < -0.4 is 0 Å². The molecule has 3 N–H and O–H groups in total. The Kier molecular flexibility index (Phi) is 5.57. The van der Waals surface area contributed by atoms with E-state index >= 15 is 0 Å². The molecule has 0 aromatic heterocycles. The van der Waals surface area contributed by atoms with Crippen LogP contribution in [0.3, 0.4) is 0 Å². The molecular formula is C10H17F3O5. The van der Waals surface area contributed by atoms with Crippen LogP contribution in [0.25, 0.3) is 0 Å². The molecule has 0 fully saturated rings. The SMILES string of the molecule is CCC(CO)(CO)COC(=O)C(C)(O)C(F)(F)F. The zero-order valence-electron chi connectivity index (χ0n) is 10.1. The van der Waals surface area contributed by atoms with E-state index in [1.165, 1.54) is 0 Å². The molecule has 0 aliphatic heterocycles. The average Bonchev–Trinajstić information content (AvgIpc) is 2.29. The number of rotatable bonds is 6. The molecular weight excluding hydrogens is 257 g/mol. The van der Waals surface area contributed by atoms with Crippen LogP contribution in [0.1, 0.15) is 20.3 Å². The van der Waals surface area contributed by atoms with Crippen molar-refractivity contribution in [3.8, 4) is 0 Å². The molecule has 0 radical (unpaired) electrons. The summed E-state index contributed by atoms with van der Waals surface area (Å²) in [7, 11) is 0. The van der Waals surface area contributed by atoms with Crippen LogP contribution in [0.15, 0.2) is 0 Å². The number of aliphatic hydroxyl groups is 3. The van der Waals surface area contributed by atoms with Gasteiger partial charge in [0.05, 0.1) is 18.6 Å². The Morgan fingerprint density at radius 2 is 1.67 bits per heavy atom. The number of ether oxygens (including phenoxy) is 1. The van der Waals surface area contributed by atoms with Gasteiger partial charge >= 0.3 is 12.1 Å². The molecule has 0 aromatic carbocycles. The third-order valence-corrected chi connectivity index (χ3v) is 2.88. The third kappa shape index (κ3) is 3.56. The predicted molar refractivity (Wildman–Crippen MR) is 54.5 cm³/mol. The summed E-state index contributed by atoms with van der Waals surface area (Å²) in [5.74, 6) is -1.87. The van der Waals surface area contributed by atoms with Gasteiger partial charge in [-0.25, -0.2) is 4.79 Å². The second-order valence-electron chi connectivity index (χ2n) is 4.32. The number of alkyl halides is 3. The van der Waals surface area contributed by atoms with Gasteiger partial charge in [-0.15, -0.1) is 0 Å². The summed E-state index contributed by atoms with van der Waals surface area (Å²) in [4.78, 5) is 11.2. The number of hydrogen-bond acceptors (Lipinski definition) is 5. The van der Waals surface area contributed by atoms with Crippen LogP contribution in [0, 0.1) is 5.41 Å². The van der Waals surface area contributed by atoms with E-state index in [9.17, 15) is 18.0 Å². The monoisotopic (exact) mass is 274 g/mol. The first-order valence-corrected chi connectivity index (χ1v) is 5.24. The van der Waals surface area contributed by atoms with E-state index in [-0.39, 0.29) is 13.3 Å². The van der Waals surface area contributed by atoms with E-state index in [1.807, 2.05) is 0 Å². The van der Waals surface area contributed by atoms with Gasteiger partial charge in [0.2, 0.25) is 0 Å². The molecule has 108 valence electrons. The smallest absolute Gasteiger partial charge is 0.427 e. The molecule has 0 rings (SSSR count). The topological polar surface area (TPSA) is 87.0 Å². The molecule has 0 heterocycles. The molecule has 0 spiro atoms.